The highest BCUT2D eigenvalue weighted by Crippen LogP contribution is 2.22. The maximum Gasteiger partial charge on any atom is 0.234 e. The number of thioether (sulfide) groups is 1. The van der Waals surface area contributed by atoms with Gasteiger partial charge in [-0.15, -0.1) is 5.10 Å². The van der Waals surface area contributed by atoms with Crippen molar-refractivity contribution in [3.63, 3.8) is 0 Å². The van der Waals surface area contributed by atoms with Crippen LogP contribution in [0, 0.1) is 19.7 Å². The number of aryl methyl sites for hydroxylation is 2. The molecule has 0 atom stereocenters. The highest BCUT2D eigenvalue weighted by molar-refractivity contribution is 7.99. The van der Waals surface area contributed by atoms with E-state index in [1.54, 1.807) is 4.68 Å². The number of nitrogens with zero attached hydrogens (tertiary/aromatic N) is 4. The summed E-state index contributed by atoms with van der Waals surface area (Å²) in [6.45, 7) is 4.04. The molecule has 0 fully saturated rings. The molecule has 0 radical (unpaired) electrons. The molecule has 1 N–H and O–H groups in total. The van der Waals surface area contributed by atoms with E-state index >= 15 is 0 Å². The first-order valence-electron chi connectivity index (χ1n) is 7.68. The van der Waals surface area contributed by atoms with E-state index < -0.39 is 5.82 Å². The van der Waals surface area contributed by atoms with Crippen LogP contribution in [0.15, 0.2) is 41.6 Å². The van der Waals surface area contributed by atoms with Crippen molar-refractivity contribution in [2.24, 2.45) is 0 Å². The number of aromatic nitrogens is 4. The average molecular weight is 392 g/mol. The maximum atomic E-state index is 13.2. The van der Waals surface area contributed by atoms with Gasteiger partial charge >= 0.3 is 0 Å². The minimum Gasteiger partial charge on any atom is -0.325 e. The molecule has 9 heteroatoms. The molecule has 0 aliphatic heterocycles. The van der Waals surface area contributed by atoms with E-state index in [1.165, 1.54) is 35.5 Å². The summed E-state index contributed by atoms with van der Waals surface area (Å²) in [6, 6.07) is 9.90. The summed E-state index contributed by atoms with van der Waals surface area (Å²) in [6.07, 6.45) is 0. The molecular formula is C17H15ClFN5OS. The number of rotatable bonds is 5. The molecule has 1 amide bonds. The first kappa shape index (κ1) is 18.3. The Hall–Kier alpha value is -2.45. The maximum absolute atomic E-state index is 13.2. The van der Waals surface area contributed by atoms with E-state index in [9.17, 15) is 9.18 Å². The third-order valence-corrected chi connectivity index (χ3v) is 4.92. The smallest absolute Gasteiger partial charge is 0.234 e. The van der Waals surface area contributed by atoms with Gasteiger partial charge in [-0.3, -0.25) is 4.79 Å². The van der Waals surface area contributed by atoms with Crippen molar-refractivity contribution in [3.8, 4) is 5.69 Å². The van der Waals surface area contributed by atoms with Crippen LogP contribution in [-0.4, -0.2) is 31.9 Å². The summed E-state index contributed by atoms with van der Waals surface area (Å²) in [5.41, 5.74) is 3.55. The number of carbonyl (C=O) groups excluding carboxylic acids is 1. The van der Waals surface area contributed by atoms with Crippen molar-refractivity contribution in [1.82, 2.24) is 20.2 Å². The molecular weight excluding hydrogens is 377 g/mol. The van der Waals surface area contributed by atoms with E-state index in [0.717, 1.165) is 11.3 Å². The molecule has 0 aliphatic carbocycles. The average Bonchev–Trinajstić information content (AvgIpc) is 3.07. The van der Waals surface area contributed by atoms with E-state index in [1.807, 2.05) is 32.0 Å². The van der Waals surface area contributed by atoms with Crippen LogP contribution < -0.4 is 5.32 Å². The Labute approximate surface area is 158 Å². The van der Waals surface area contributed by atoms with Crippen LogP contribution >= 0.6 is 23.4 Å². The van der Waals surface area contributed by atoms with Crippen molar-refractivity contribution < 1.29 is 9.18 Å². The molecule has 1 heterocycles. The fraction of sp³-hybridized carbons (Fsp3) is 0.176. The molecule has 6 nitrogen and oxygen atoms in total. The van der Waals surface area contributed by atoms with Crippen LogP contribution in [0.2, 0.25) is 5.02 Å². The van der Waals surface area contributed by atoms with Gasteiger partial charge in [-0.2, -0.15) is 4.68 Å². The molecule has 3 aromatic rings. The number of hydrogen-bond acceptors (Lipinski definition) is 5. The van der Waals surface area contributed by atoms with Crippen LogP contribution in [0.1, 0.15) is 11.1 Å². The van der Waals surface area contributed by atoms with Crippen molar-refractivity contribution in [1.29, 1.82) is 0 Å². The molecule has 0 bridgehead atoms. The lowest BCUT2D eigenvalue weighted by molar-refractivity contribution is -0.113. The Balaban J connectivity index is 1.66. The SMILES string of the molecule is Cc1ccc(-n2nnnc2SCC(=O)Nc2ccc(F)c(Cl)c2)cc1C. The Bertz CT molecular complexity index is 962. The van der Waals surface area contributed by atoms with E-state index in [-0.39, 0.29) is 16.7 Å². The number of hydrogen-bond donors (Lipinski definition) is 1. The third-order valence-electron chi connectivity index (χ3n) is 3.71. The largest absolute Gasteiger partial charge is 0.325 e. The number of amides is 1. The van der Waals surface area contributed by atoms with Crippen LogP contribution in [0.3, 0.4) is 0 Å². The van der Waals surface area contributed by atoms with E-state index in [2.05, 4.69) is 20.8 Å². The summed E-state index contributed by atoms with van der Waals surface area (Å²) in [4.78, 5) is 12.1. The second kappa shape index (κ2) is 7.84. The van der Waals surface area contributed by atoms with Gasteiger partial charge in [-0.25, -0.2) is 4.39 Å². The molecule has 0 saturated carbocycles. The summed E-state index contributed by atoms with van der Waals surface area (Å²) < 4.78 is 14.7. The van der Waals surface area contributed by atoms with Gasteiger partial charge in [0.25, 0.3) is 0 Å². The lowest BCUT2D eigenvalue weighted by atomic mass is 10.1. The second-order valence-corrected chi connectivity index (χ2v) is 6.96. The summed E-state index contributed by atoms with van der Waals surface area (Å²) in [5.74, 6) is -0.709. The minimum atomic E-state index is -0.536. The molecule has 134 valence electrons. The predicted octanol–water partition coefficient (Wildman–Crippen LogP) is 3.80. The molecule has 1 aromatic heterocycles. The van der Waals surface area contributed by atoms with Crippen LogP contribution in [0.25, 0.3) is 5.69 Å². The molecule has 2 aromatic carbocycles. The minimum absolute atomic E-state index is 0.0471. The van der Waals surface area contributed by atoms with Crippen LogP contribution in [0.5, 0.6) is 0 Å². The van der Waals surface area contributed by atoms with Crippen molar-refractivity contribution in [2.45, 2.75) is 19.0 Å². The number of tetrazole rings is 1. The summed E-state index contributed by atoms with van der Waals surface area (Å²) in [7, 11) is 0. The van der Waals surface area contributed by atoms with Crippen molar-refractivity contribution >= 4 is 35.0 Å². The van der Waals surface area contributed by atoms with E-state index in [0.29, 0.717) is 10.8 Å². The summed E-state index contributed by atoms with van der Waals surface area (Å²) >= 11 is 6.91. The van der Waals surface area contributed by atoms with Gasteiger partial charge < -0.3 is 5.32 Å². The quantitative estimate of drug-likeness (QED) is 0.669. The third kappa shape index (κ3) is 4.20. The molecule has 0 saturated heterocycles. The lowest BCUT2D eigenvalue weighted by Crippen LogP contribution is -2.14. The number of carbonyl (C=O) groups is 1. The van der Waals surface area contributed by atoms with Gasteiger partial charge in [0, 0.05) is 5.69 Å². The zero-order chi connectivity index (χ0) is 18.7. The highest BCUT2D eigenvalue weighted by atomic mass is 35.5. The number of benzene rings is 2. The lowest BCUT2D eigenvalue weighted by Gasteiger charge is -2.08. The molecule has 0 unspecified atom stereocenters. The van der Waals surface area contributed by atoms with Gasteiger partial charge in [0.2, 0.25) is 11.1 Å². The van der Waals surface area contributed by atoms with Crippen molar-refractivity contribution in [2.75, 3.05) is 11.1 Å². The van der Waals surface area contributed by atoms with Gasteiger partial charge in [-0.1, -0.05) is 29.4 Å². The normalized spacial score (nSPS) is 10.8. The fourth-order valence-corrected chi connectivity index (χ4v) is 3.06. The zero-order valence-corrected chi connectivity index (χ0v) is 15.6. The van der Waals surface area contributed by atoms with Gasteiger partial charge in [0.1, 0.15) is 5.82 Å². The van der Waals surface area contributed by atoms with Gasteiger partial charge in [-0.05, 0) is 65.7 Å². The summed E-state index contributed by atoms with van der Waals surface area (Å²) in [5, 5.41) is 14.7. The van der Waals surface area contributed by atoms with Crippen LogP contribution in [-0.2, 0) is 4.79 Å². The zero-order valence-electron chi connectivity index (χ0n) is 14.0. The molecule has 3 rings (SSSR count). The first-order valence-corrected chi connectivity index (χ1v) is 9.04. The van der Waals surface area contributed by atoms with E-state index in [4.69, 9.17) is 11.6 Å². The number of halogens is 2. The van der Waals surface area contributed by atoms with Crippen molar-refractivity contribution in [3.05, 3.63) is 58.4 Å². The van der Waals surface area contributed by atoms with Crippen LogP contribution in [0.4, 0.5) is 10.1 Å². The second-order valence-electron chi connectivity index (χ2n) is 5.61. The fourth-order valence-electron chi connectivity index (χ4n) is 2.19. The number of anilines is 1. The standard InChI is InChI=1S/C17H15ClFN5OS/c1-10-3-5-13(7-11(10)2)24-17(21-22-23-24)26-9-16(25)20-12-4-6-15(19)14(18)8-12/h3-8H,9H2,1-2H3,(H,20,25). The molecule has 26 heavy (non-hydrogen) atoms. The topological polar surface area (TPSA) is 72.7 Å². The molecule has 0 aliphatic rings. The number of nitrogens with one attached hydrogen (secondary N) is 1. The Morgan fingerprint density at radius 2 is 2.04 bits per heavy atom. The molecule has 0 spiro atoms. The van der Waals surface area contributed by atoms with Gasteiger partial charge in [0.05, 0.1) is 16.5 Å². The van der Waals surface area contributed by atoms with Gasteiger partial charge in [0.15, 0.2) is 0 Å². The first-order chi connectivity index (χ1) is 12.4. The highest BCUT2D eigenvalue weighted by Gasteiger charge is 2.13. The Kier molecular flexibility index (Phi) is 5.53. The Morgan fingerprint density at radius 3 is 2.77 bits per heavy atom. The monoisotopic (exact) mass is 391 g/mol. The predicted molar refractivity (Wildman–Crippen MR) is 99.4 cm³/mol. The Morgan fingerprint density at radius 1 is 1.23 bits per heavy atom.